The number of nitrogens with two attached hydrogens (primary N) is 1. The fourth-order valence-electron chi connectivity index (χ4n) is 1.88. The van der Waals surface area contributed by atoms with Crippen LogP contribution in [0.1, 0.15) is 24.1 Å². The first-order chi connectivity index (χ1) is 9.13. The second-order valence-electron chi connectivity index (χ2n) is 4.12. The summed E-state index contributed by atoms with van der Waals surface area (Å²) in [6.45, 7) is 2.54. The molecule has 2 nitrogen and oxygen atoms in total. The van der Waals surface area contributed by atoms with Gasteiger partial charge in [0, 0.05) is 5.56 Å². The molecule has 0 heterocycles. The second-order valence-corrected chi connectivity index (χ2v) is 4.98. The quantitative estimate of drug-likeness (QED) is 0.921. The Morgan fingerprint density at radius 3 is 2.53 bits per heavy atom. The molecular formula is C15H15BrFNO. The molecule has 0 aromatic heterocycles. The van der Waals surface area contributed by atoms with Gasteiger partial charge in [0.2, 0.25) is 0 Å². The van der Waals surface area contributed by atoms with Crippen LogP contribution in [-0.4, -0.2) is 6.61 Å². The van der Waals surface area contributed by atoms with Crippen molar-refractivity contribution >= 4 is 15.9 Å². The highest BCUT2D eigenvalue weighted by Crippen LogP contribution is 2.27. The Hall–Kier alpha value is -1.39. The number of rotatable bonds is 4. The van der Waals surface area contributed by atoms with Gasteiger partial charge in [0.25, 0.3) is 0 Å². The van der Waals surface area contributed by atoms with Gasteiger partial charge in [0.05, 0.1) is 17.1 Å². The van der Waals surface area contributed by atoms with E-state index in [9.17, 15) is 4.39 Å². The van der Waals surface area contributed by atoms with Crippen LogP contribution in [-0.2, 0) is 0 Å². The van der Waals surface area contributed by atoms with Crippen molar-refractivity contribution in [2.24, 2.45) is 5.73 Å². The molecule has 2 aromatic carbocycles. The minimum absolute atomic E-state index is 0.316. The van der Waals surface area contributed by atoms with E-state index in [1.165, 1.54) is 0 Å². The predicted octanol–water partition coefficient (Wildman–Crippen LogP) is 4.04. The molecule has 4 heteroatoms. The van der Waals surface area contributed by atoms with Crippen LogP contribution < -0.4 is 10.5 Å². The maximum atomic E-state index is 14.0. The minimum Gasteiger partial charge on any atom is -0.494 e. The van der Waals surface area contributed by atoms with E-state index >= 15 is 0 Å². The second kappa shape index (κ2) is 6.17. The lowest BCUT2D eigenvalue weighted by atomic mass is 9.99. The molecule has 0 fully saturated rings. The molecule has 1 atom stereocenters. The summed E-state index contributed by atoms with van der Waals surface area (Å²) in [5.41, 5.74) is 7.43. The molecule has 0 radical (unpaired) electrons. The summed E-state index contributed by atoms with van der Waals surface area (Å²) < 4.78 is 19.8. The van der Waals surface area contributed by atoms with Crippen molar-refractivity contribution in [3.63, 3.8) is 0 Å². The van der Waals surface area contributed by atoms with Crippen molar-refractivity contribution in [2.75, 3.05) is 6.61 Å². The highest BCUT2D eigenvalue weighted by Gasteiger charge is 2.15. The number of halogens is 2. The van der Waals surface area contributed by atoms with E-state index in [1.807, 2.05) is 31.2 Å². The maximum Gasteiger partial charge on any atom is 0.142 e. The van der Waals surface area contributed by atoms with Gasteiger partial charge in [-0.1, -0.05) is 24.3 Å². The van der Waals surface area contributed by atoms with E-state index in [4.69, 9.17) is 10.5 Å². The molecule has 19 heavy (non-hydrogen) atoms. The van der Waals surface area contributed by atoms with E-state index in [2.05, 4.69) is 15.9 Å². The lowest BCUT2D eigenvalue weighted by Gasteiger charge is -2.14. The molecule has 0 saturated carbocycles. The standard InChI is InChI=1S/C15H15BrFNO/c1-2-19-11-8-6-10(7-9-11)15(18)12-4-3-5-13(16)14(12)17/h3-9,15H,2,18H2,1H3. The van der Waals surface area contributed by atoms with Crippen LogP contribution in [0.2, 0.25) is 0 Å². The number of ether oxygens (including phenoxy) is 1. The monoisotopic (exact) mass is 323 g/mol. The third-order valence-electron chi connectivity index (χ3n) is 2.87. The van der Waals surface area contributed by atoms with Gasteiger partial charge in [-0.25, -0.2) is 4.39 Å². The van der Waals surface area contributed by atoms with E-state index in [0.29, 0.717) is 16.6 Å². The minimum atomic E-state index is -0.492. The fourth-order valence-corrected chi connectivity index (χ4v) is 2.26. The van der Waals surface area contributed by atoms with Crippen LogP contribution in [0.25, 0.3) is 0 Å². The highest BCUT2D eigenvalue weighted by molar-refractivity contribution is 9.10. The topological polar surface area (TPSA) is 35.2 Å². The Labute approximate surface area is 120 Å². The summed E-state index contributed by atoms with van der Waals surface area (Å²) in [6, 6.07) is 12.0. The number of benzene rings is 2. The Morgan fingerprint density at radius 2 is 1.89 bits per heavy atom. The van der Waals surface area contributed by atoms with Crippen molar-refractivity contribution < 1.29 is 9.13 Å². The molecule has 2 aromatic rings. The average molecular weight is 324 g/mol. The summed E-state index contributed by atoms with van der Waals surface area (Å²) in [6.07, 6.45) is 0. The van der Waals surface area contributed by atoms with Crippen molar-refractivity contribution in [1.82, 2.24) is 0 Å². The summed E-state index contributed by atoms with van der Waals surface area (Å²) >= 11 is 3.17. The van der Waals surface area contributed by atoms with E-state index < -0.39 is 6.04 Å². The van der Waals surface area contributed by atoms with Crippen LogP contribution >= 0.6 is 15.9 Å². The van der Waals surface area contributed by atoms with Gasteiger partial charge >= 0.3 is 0 Å². The number of hydrogen-bond acceptors (Lipinski definition) is 2. The Kier molecular flexibility index (Phi) is 4.56. The molecular weight excluding hydrogens is 309 g/mol. The molecule has 0 bridgehead atoms. The number of hydrogen-bond donors (Lipinski definition) is 1. The Bertz CT molecular complexity index is 557. The molecule has 0 aliphatic carbocycles. The first kappa shape index (κ1) is 14.0. The largest absolute Gasteiger partial charge is 0.494 e. The van der Waals surface area contributed by atoms with Crippen molar-refractivity contribution in [3.05, 3.63) is 63.9 Å². The lowest BCUT2D eigenvalue weighted by Crippen LogP contribution is -2.13. The Balaban J connectivity index is 2.28. The maximum absolute atomic E-state index is 14.0. The van der Waals surface area contributed by atoms with Crippen LogP contribution in [0, 0.1) is 5.82 Å². The normalized spacial score (nSPS) is 12.2. The van der Waals surface area contributed by atoms with Crippen LogP contribution in [0.4, 0.5) is 4.39 Å². The SMILES string of the molecule is CCOc1ccc(C(N)c2cccc(Br)c2F)cc1. The van der Waals surface area contributed by atoms with Gasteiger partial charge in [-0.05, 0) is 46.6 Å². The first-order valence-electron chi connectivity index (χ1n) is 6.05. The molecule has 0 saturated heterocycles. The average Bonchev–Trinajstić information content (AvgIpc) is 2.42. The predicted molar refractivity (Wildman–Crippen MR) is 77.7 cm³/mol. The molecule has 0 aliphatic heterocycles. The smallest absolute Gasteiger partial charge is 0.142 e. The van der Waals surface area contributed by atoms with Crippen LogP contribution in [0.15, 0.2) is 46.9 Å². The zero-order valence-corrected chi connectivity index (χ0v) is 12.2. The molecule has 100 valence electrons. The first-order valence-corrected chi connectivity index (χ1v) is 6.85. The van der Waals surface area contributed by atoms with Crippen LogP contribution in [0.3, 0.4) is 0 Å². The van der Waals surface area contributed by atoms with Gasteiger partial charge in [-0.3, -0.25) is 0 Å². The molecule has 0 aliphatic rings. The van der Waals surface area contributed by atoms with E-state index in [1.54, 1.807) is 18.2 Å². The zero-order valence-electron chi connectivity index (χ0n) is 10.6. The van der Waals surface area contributed by atoms with Gasteiger partial charge in [0.15, 0.2) is 0 Å². The van der Waals surface area contributed by atoms with Crippen LogP contribution in [0.5, 0.6) is 5.75 Å². The van der Waals surface area contributed by atoms with Gasteiger partial charge < -0.3 is 10.5 Å². The highest BCUT2D eigenvalue weighted by atomic mass is 79.9. The molecule has 0 spiro atoms. The van der Waals surface area contributed by atoms with Gasteiger partial charge in [-0.15, -0.1) is 0 Å². The molecule has 1 unspecified atom stereocenters. The molecule has 2 rings (SSSR count). The summed E-state index contributed by atoms with van der Waals surface area (Å²) in [4.78, 5) is 0. The third-order valence-corrected chi connectivity index (χ3v) is 3.48. The van der Waals surface area contributed by atoms with Crippen molar-refractivity contribution in [2.45, 2.75) is 13.0 Å². The lowest BCUT2D eigenvalue weighted by molar-refractivity contribution is 0.340. The van der Waals surface area contributed by atoms with Crippen molar-refractivity contribution in [1.29, 1.82) is 0 Å². The summed E-state index contributed by atoms with van der Waals surface area (Å²) in [5.74, 6) is 0.469. The third kappa shape index (κ3) is 3.14. The zero-order chi connectivity index (χ0) is 13.8. The van der Waals surface area contributed by atoms with Crippen molar-refractivity contribution in [3.8, 4) is 5.75 Å². The molecule has 0 amide bonds. The summed E-state index contributed by atoms with van der Waals surface area (Å²) in [7, 11) is 0. The summed E-state index contributed by atoms with van der Waals surface area (Å²) in [5, 5.41) is 0. The van der Waals surface area contributed by atoms with Gasteiger partial charge in [0.1, 0.15) is 11.6 Å². The van der Waals surface area contributed by atoms with E-state index in [0.717, 1.165) is 11.3 Å². The van der Waals surface area contributed by atoms with Gasteiger partial charge in [-0.2, -0.15) is 0 Å². The van der Waals surface area contributed by atoms with E-state index in [-0.39, 0.29) is 5.82 Å². The Morgan fingerprint density at radius 1 is 1.21 bits per heavy atom. The molecule has 2 N–H and O–H groups in total. The fraction of sp³-hybridized carbons (Fsp3) is 0.200.